The largest absolute Gasteiger partial charge is 0.336 e. The van der Waals surface area contributed by atoms with Crippen LogP contribution in [-0.4, -0.2) is 44.7 Å². The van der Waals surface area contributed by atoms with Crippen LogP contribution in [0.5, 0.6) is 0 Å². The Morgan fingerprint density at radius 3 is 2.71 bits per heavy atom. The molecule has 0 aromatic carbocycles. The number of nitrogens with one attached hydrogen (secondary N) is 1. The topological polar surface area (TPSA) is 84.3 Å². The van der Waals surface area contributed by atoms with Gasteiger partial charge >= 0.3 is 6.03 Å². The van der Waals surface area contributed by atoms with Gasteiger partial charge in [0, 0.05) is 25.0 Å². The van der Waals surface area contributed by atoms with E-state index in [0.29, 0.717) is 28.5 Å². The van der Waals surface area contributed by atoms with E-state index in [9.17, 15) is 14.4 Å². The number of carbonyl (C=O) groups excluding carboxylic acids is 2. The van der Waals surface area contributed by atoms with Gasteiger partial charge in [0.1, 0.15) is 4.83 Å². The number of hydrogen-bond donors (Lipinski definition) is 1. The lowest BCUT2D eigenvalue weighted by atomic mass is 10.2. The molecule has 2 aromatic rings. The second-order valence-electron chi connectivity index (χ2n) is 5.70. The van der Waals surface area contributed by atoms with Crippen LogP contribution in [0.25, 0.3) is 10.2 Å². The monoisotopic (exact) mass is 366 g/mol. The molecule has 1 N–H and O–H groups in total. The van der Waals surface area contributed by atoms with Crippen LogP contribution < -0.4 is 10.9 Å². The molecule has 9 heteroatoms. The van der Waals surface area contributed by atoms with E-state index in [4.69, 9.17) is 0 Å². The molecule has 3 amide bonds. The van der Waals surface area contributed by atoms with Gasteiger partial charge in [-0.15, -0.1) is 11.3 Å². The van der Waals surface area contributed by atoms with Crippen LogP contribution in [0.2, 0.25) is 0 Å². The van der Waals surface area contributed by atoms with Crippen LogP contribution in [0.1, 0.15) is 17.4 Å². The lowest BCUT2D eigenvalue weighted by molar-refractivity contribution is -0.126. The van der Waals surface area contributed by atoms with Gasteiger partial charge in [-0.25, -0.2) is 9.78 Å². The van der Waals surface area contributed by atoms with Crippen LogP contribution in [-0.2, 0) is 11.8 Å². The molecule has 24 heavy (non-hydrogen) atoms. The Hall–Kier alpha value is -1.87. The zero-order valence-corrected chi connectivity index (χ0v) is 15.5. The van der Waals surface area contributed by atoms with Crippen LogP contribution in [0, 0.1) is 13.8 Å². The fourth-order valence-corrected chi connectivity index (χ4v) is 4.58. The van der Waals surface area contributed by atoms with Crippen molar-refractivity contribution in [1.82, 2.24) is 19.8 Å². The molecule has 1 unspecified atom stereocenters. The second kappa shape index (κ2) is 6.21. The number of thioether (sulfide) groups is 1. The van der Waals surface area contributed by atoms with Crippen molar-refractivity contribution in [2.45, 2.75) is 31.2 Å². The normalized spacial score (nSPS) is 15.8. The van der Waals surface area contributed by atoms with Crippen LogP contribution in [0.15, 0.2) is 9.95 Å². The number of rotatable bonds is 3. The average molecular weight is 366 g/mol. The minimum absolute atomic E-state index is 0.108. The molecule has 0 bridgehead atoms. The third-order valence-electron chi connectivity index (χ3n) is 4.12. The summed E-state index contributed by atoms with van der Waals surface area (Å²) in [6.45, 7) is 6.45. The highest BCUT2D eigenvalue weighted by molar-refractivity contribution is 8.00. The summed E-state index contributed by atoms with van der Waals surface area (Å²) in [6, 6.07) is -0.366. The second-order valence-corrected chi connectivity index (χ2v) is 8.21. The van der Waals surface area contributed by atoms with Crippen molar-refractivity contribution in [3.8, 4) is 0 Å². The Morgan fingerprint density at radius 1 is 1.38 bits per heavy atom. The molecule has 0 saturated carbocycles. The van der Waals surface area contributed by atoms with Crippen molar-refractivity contribution in [2.75, 3.05) is 13.1 Å². The fourth-order valence-electron chi connectivity index (χ4n) is 2.57. The number of aryl methyl sites for hydroxylation is 2. The van der Waals surface area contributed by atoms with Crippen LogP contribution >= 0.6 is 23.1 Å². The number of amides is 3. The lowest BCUT2D eigenvalue weighted by Crippen LogP contribution is -2.39. The molecular formula is C15H18N4O3S2. The van der Waals surface area contributed by atoms with Crippen molar-refractivity contribution in [2.24, 2.45) is 7.05 Å². The summed E-state index contributed by atoms with van der Waals surface area (Å²) in [5.41, 5.74) is 0.848. The first-order valence-electron chi connectivity index (χ1n) is 7.54. The average Bonchev–Trinajstić information content (AvgIpc) is 3.08. The molecule has 128 valence electrons. The van der Waals surface area contributed by atoms with Crippen LogP contribution in [0.3, 0.4) is 0 Å². The van der Waals surface area contributed by atoms with Crippen molar-refractivity contribution in [3.63, 3.8) is 0 Å². The number of nitrogens with zero attached hydrogens (tertiary/aromatic N) is 3. The highest BCUT2D eigenvalue weighted by atomic mass is 32.2. The summed E-state index contributed by atoms with van der Waals surface area (Å²) in [7, 11) is 1.66. The number of hydrogen-bond acceptors (Lipinski definition) is 6. The van der Waals surface area contributed by atoms with Gasteiger partial charge in [0.25, 0.3) is 5.56 Å². The summed E-state index contributed by atoms with van der Waals surface area (Å²) < 4.78 is 1.47. The van der Waals surface area contributed by atoms with Crippen molar-refractivity contribution >= 4 is 45.3 Å². The number of carbonyl (C=O) groups is 2. The molecule has 7 nitrogen and oxygen atoms in total. The third-order valence-corrected chi connectivity index (χ3v) is 6.35. The fraction of sp³-hybridized carbons (Fsp3) is 0.467. The number of urea groups is 1. The maximum absolute atomic E-state index is 12.6. The first-order valence-corrected chi connectivity index (χ1v) is 9.23. The molecule has 1 saturated heterocycles. The van der Waals surface area contributed by atoms with E-state index in [1.165, 1.54) is 32.6 Å². The zero-order valence-electron chi connectivity index (χ0n) is 13.9. The smallest absolute Gasteiger partial charge is 0.324 e. The molecular weight excluding hydrogens is 348 g/mol. The maximum Gasteiger partial charge on any atom is 0.324 e. The van der Waals surface area contributed by atoms with E-state index < -0.39 is 5.25 Å². The number of fused-ring (bicyclic) bond motifs is 1. The van der Waals surface area contributed by atoms with Crippen LogP contribution in [0.4, 0.5) is 4.79 Å². The van der Waals surface area contributed by atoms with Gasteiger partial charge in [0.15, 0.2) is 5.16 Å². The van der Waals surface area contributed by atoms with Gasteiger partial charge in [0.05, 0.1) is 10.6 Å². The van der Waals surface area contributed by atoms with E-state index >= 15 is 0 Å². The highest BCUT2D eigenvalue weighted by Crippen LogP contribution is 2.29. The van der Waals surface area contributed by atoms with E-state index in [2.05, 4.69) is 10.3 Å². The Kier molecular flexibility index (Phi) is 4.39. The molecule has 0 spiro atoms. The molecule has 1 aliphatic heterocycles. The first-order chi connectivity index (χ1) is 11.3. The maximum atomic E-state index is 12.6. The standard InChI is InChI=1S/C15H18N4O3S2/c1-7-8(2)23-11-10(7)13(21)18(4)15(17-11)24-9(3)12(20)19-6-5-16-14(19)22/h9H,5-6H2,1-4H3,(H,16,22). The van der Waals surface area contributed by atoms with E-state index in [1.54, 1.807) is 14.0 Å². The van der Waals surface area contributed by atoms with E-state index in [1.807, 2.05) is 13.8 Å². The van der Waals surface area contributed by atoms with Gasteiger partial charge in [-0.1, -0.05) is 11.8 Å². The molecule has 1 atom stereocenters. The van der Waals surface area contributed by atoms with E-state index in [0.717, 1.165) is 10.4 Å². The molecule has 1 fully saturated rings. The Morgan fingerprint density at radius 2 is 2.08 bits per heavy atom. The Balaban J connectivity index is 1.92. The summed E-state index contributed by atoms with van der Waals surface area (Å²) in [5, 5.41) is 3.22. The molecule has 3 heterocycles. The third kappa shape index (κ3) is 2.71. The summed E-state index contributed by atoms with van der Waals surface area (Å²) in [4.78, 5) is 44.1. The molecule has 2 aromatic heterocycles. The van der Waals surface area contributed by atoms with Gasteiger partial charge in [-0.3, -0.25) is 19.1 Å². The minimum Gasteiger partial charge on any atom is -0.336 e. The predicted molar refractivity (Wildman–Crippen MR) is 94.8 cm³/mol. The quantitative estimate of drug-likeness (QED) is 0.659. The van der Waals surface area contributed by atoms with Gasteiger partial charge in [-0.05, 0) is 26.3 Å². The van der Waals surface area contributed by atoms with Gasteiger partial charge in [0.2, 0.25) is 5.91 Å². The zero-order chi connectivity index (χ0) is 17.6. The lowest BCUT2D eigenvalue weighted by Gasteiger charge is -2.17. The number of aromatic nitrogens is 2. The first kappa shape index (κ1) is 17.0. The van der Waals surface area contributed by atoms with Gasteiger partial charge in [-0.2, -0.15) is 0 Å². The molecule has 1 aliphatic rings. The van der Waals surface area contributed by atoms with Crippen molar-refractivity contribution in [1.29, 1.82) is 0 Å². The molecule has 3 rings (SSSR count). The predicted octanol–water partition coefficient (Wildman–Crippen LogP) is 1.64. The SMILES string of the molecule is Cc1sc2nc(SC(C)C(=O)N3CCNC3=O)n(C)c(=O)c2c1C. The minimum atomic E-state index is -0.508. The Bertz CT molecular complexity index is 902. The number of imide groups is 1. The van der Waals surface area contributed by atoms with E-state index in [-0.39, 0.29) is 17.5 Å². The van der Waals surface area contributed by atoms with Crippen molar-refractivity contribution in [3.05, 3.63) is 20.8 Å². The van der Waals surface area contributed by atoms with Gasteiger partial charge < -0.3 is 5.32 Å². The van der Waals surface area contributed by atoms with Crippen molar-refractivity contribution < 1.29 is 9.59 Å². The number of thiophene rings is 1. The summed E-state index contributed by atoms with van der Waals surface area (Å²) in [5.74, 6) is -0.275. The summed E-state index contributed by atoms with van der Waals surface area (Å²) in [6.07, 6.45) is 0. The Labute approximate surface area is 147 Å². The highest BCUT2D eigenvalue weighted by Gasteiger charge is 2.31. The molecule has 0 radical (unpaired) electrons. The summed E-state index contributed by atoms with van der Waals surface area (Å²) >= 11 is 2.68. The molecule has 0 aliphatic carbocycles.